The summed E-state index contributed by atoms with van der Waals surface area (Å²) in [5, 5.41) is 2.96. The first-order valence-corrected chi connectivity index (χ1v) is 11.8. The van der Waals surface area contributed by atoms with E-state index in [9.17, 15) is 13.2 Å². The molecule has 0 aromatic heterocycles. The average molecular weight is 449 g/mol. The van der Waals surface area contributed by atoms with E-state index in [2.05, 4.69) is 17.4 Å². The number of sulfonamides is 1. The number of aryl methyl sites for hydroxylation is 3. The number of methoxy groups -OCH3 is 2. The molecule has 0 aliphatic carbocycles. The van der Waals surface area contributed by atoms with Crippen molar-refractivity contribution in [2.75, 3.05) is 24.8 Å². The van der Waals surface area contributed by atoms with Gasteiger partial charge in [0, 0.05) is 6.07 Å². The number of carbonyl (C=O) groups excluding carboxylic acids is 1. The van der Waals surface area contributed by atoms with Crippen LogP contribution in [0.2, 0.25) is 0 Å². The lowest BCUT2D eigenvalue weighted by molar-refractivity contribution is -0.122. The summed E-state index contributed by atoms with van der Waals surface area (Å²) in [6.45, 7) is 9.53. The minimum absolute atomic E-state index is 0.277. The highest BCUT2D eigenvalue weighted by Gasteiger charge is 2.30. The number of anilines is 1. The van der Waals surface area contributed by atoms with Gasteiger partial charge in [0.1, 0.15) is 6.04 Å². The fourth-order valence-electron chi connectivity index (χ4n) is 3.63. The first-order chi connectivity index (χ1) is 14.4. The number of nitrogens with one attached hydrogen (secondary N) is 1. The van der Waals surface area contributed by atoms with E-state index in [0.717, 1.165) is 27.3 Å². The van der Waals surface area contributed by atoms with Crippen molar-refractivity contribution >= 4 is 21.6 Å². The van der Waals surface area contributed by atoms with E-state index in [1.165, 1.54) is 19.8 Å². The highest BCUT2D eigenvalue weighted by molar-refractivity contribution is 7.92. The Hall–Kier alpha value is -2.74. The number of benzene rings is 2. The predicted octanol–water partition coefficient (Wildman–Crippen LogP) is 3.66. The lowest BCUT2D eigenvalue weighted by atomic mass is 9.96. The van der Waals surface area contributed by atoms with E-state index in [4.69, 9.17) is 9.47 Å². The quantitative estimate of drug-likeness (QED) is 0.666. The molecule has 2 aromatic carbocycles. The van der Waals surface area contributed by atoms with Gasteiger partial charge in [0.15, 0.2) is 11.5 Å². The molecule has 2 atom stereocenters. The van der Waals surface area contributed by atoms with Crippen molar-refractivity contribution in [3.63, 3.8) is 0 Å². The third-order valence-electron chi connectivity index (χ3n) is 5.42. The predicted molar refractivity (Wildman–Crippen MR) is 124 cm³/mol. The van der Waals surface area contributed by atoms with Gasteiger partial charge in [0.25, 0.3) is 0 Å². The van der Waals surface area contributed by atoms with Gasteiger partial charge in [-0.1, -0.05) is 12.1 Å². The summed E-state index contributed by atoms with van der Waals surface area (Å²) in [6, 6.07) is 7.64. The fourth-order valence-corrected chi connectivity index (χ4v) is 4.80. The Bertz CT molecular complexity index is 1070. The van der Waals surface area contributed by atoms with Gasteiger partial charge in [0.05, 0.1) is 32.2 Å². The Morgan fingerprint density at radius 1 is 0.935 bits per heavy atom. The van der Waals surface area contributed by atoms with Crippen molar-refractivity contribution in [1.29, 1.82) is 0 Å². The Balaban J connectivity index is 2.35. The molecule has 1 amide bonds. The molecule has 0 unspecified atom stereocenters. The van der Waals surface area contributed by atoms with Crippen LogP contribution in [0, 0.1) is 20.8 Å². The second kappa shape index (κ2) is 9.60. The first-order valence-electron chi connectivity index (χ1n) is 10.00. The zero-order chi connectivity index (χ0) is 23.5. The Morgan fingerprint density at radius 3 is 2.06 bits per heavy atom. The molecule has 0 saturated heterocycles. The summed E-state index contributed by atoms with van der Waals surface area (Å²) in [5.74, 6) is 0.446. The van der Waals surface area contributed by atoms with Gasteiger partial charge in [-0.15, -0.1) is 0 Å². The summed E-state index contributed by atoms with van der Waals surface area (Å²) in [7, 11) is -0.785. The van der Waals surface area contributed by atoms with Crippen molar-refractivity contribution in [1.82, 2.24) is 5.32 Å². The highest BCUT2D eigenvalue weighted by atomic mass is 32.2. The Kier molecular flexibility index (Phi) is 7.59. The summed E-state index contributed by atoms with van der Waals surface area (Å²) >= 11 is 0. The van der Waals surface area contributed by atoms with Crippen LogP contribution in [0.3, 0.4) is 0 Å². The zero-order valence-electron chi connectivity index (χ0n) is 19.4. The molecule has 0 fully saturated rings. The number of hydrogen-bond donors (Lipinski definition) is 1. The average Bonchev–Trinajstić information content (AvgIpc) is 2.69. The first kappa shape index (κ1) is 24.5. The smallest absolute Gasteiger partial charge is 0.244 e. The van der Waals surface area contributed by atoms with Gasteiger partial charge in [-0.3, -0.25) is 9.10 Å². The third-order valence-corrected chi connectivity index (χ3v) is 6.66. The lowest BCUT2D eigenvalue weighted by Crippen LogP contribution is -2.48. The molecule has 31 heavy (non-hydrogen) atoms. The largest absolute Gasteiger partial charge is 0.493 e. The fraction of sp³-hybridized carbons (Fsp3) is 0.435. The van der Waals surface area contributed by atoms with Gasteiger partial charge >= 0.3 is 0 Å². The van der Waals surface area contributed by atoms with Crippen LogP contribution >= 0.6 is 0 Å². The molecule has 0 radical (unpaired) electrons. The van der Waals surface area contributed by atoms with Crippen LogP contribution < -0.4 is 19.1 Å². The molecule has 2 rings (SSSR count). The van der Waals surface area contributed by atoms with Crippen molar-refractivity contribution in [2.45, 2.75) is 46.7 Å². The second-order valence-electron chi connectivity index (χ2n) is 7.80. The molecule has 7 nitrogen and oxygen atoms in total. The van der Waals surface area contributed by atoms with Crippen molar-refractivity contribution < 1.29 is 22.7 Å². The van der Waals surface area contributed by atoms with Gasteiger partial charge in [-0.2, -0.15) is 0 Å². The molecule has 0 aliphatic heterocycles. The zero-order valence-corrected chi connectivity index (χ0v) is 20.3. The van der Waals surface area contributed by atoms with Crippen LogP contribution in [0.5, 0.6) is 11.5 Å². The second-order valence-corrected chi connectivity index (χ2v) is 9.66. The number of amides is 1. The SMILES string of the molecule is COc1ccc(N([C@@H](C)C(=O)N[C@H](C)c2cc(C)c(C)cc2C)S(C)(=O)=O)cc1OC. The van der Waals surface area contributed by atoms with Crippen LogP contribution in [-0.4, -0.2) is 40.8 Å². The normalized spacial score (nSPS) is 13.3. The van der Waals surface area contributed by atoms with Gasteiger partial charge in [-0.25, -0.2) is 8.42 Å². The maximum atomic E-state index is 13.1. The van der Waals surface area contributed by atoms with E-state index in [-0.39, 0.29) is 6.04 Å². The molecule has 0 aliphatic rings. The van der Waals surface area contributed by atoms with Crippen LogP contribution in [0.4, 0.5) is 5.69 Å². The molecule has 0 saturated carbocycles. The number of carbonyl (C=O) groups is 1. The van der Waals surface area contributed by atoms with Crippen LogP contribution in [-0.2, 0) is 14.8 Å². The number of nitrogens with zero attached hydrogens (tertiary/aromatic N) is 1. The Morgan fingerprint density at radius 2 is 1.52 bits per heavy atom. The number of rotatable bonds is 8. The van der Waals surface area contributed by atoms with E-state index < -0.39 is 22.0 Å². The molecule has 0 spiro atoms. The molecule has 170 valence electrons. The standard InChI is InChI=1S/C23H32N2O5S/c1-14-11-16(3)20(12-15(14)2)17(4)24-23(26)18(5)25(31(8,27)28)19-9-10-21(29-6)22(13-19)30-7/h9-13,17-18H,1-8H3,(H,24,26)/t17-,18+/m1/s1. The molecular weight excluding hydrogens is 416 g/mol. The molecule has 1 N–H and O–H groups in total. The van der Waals surface area contributed by atoms with Crippen LogP contribution in [0.25, 0.3) is 0 Å². The lowest BCUT2D eigenvalue weighted by Gasteiger charge is -2.30. The van der Waals surface area contributed by atoms with Crippen molar-refractivity contribution in [3.05, 3.63) is 52.6 Å². The van der Waals surface area contributed by atoms with E-state index in [1.807, 2.05) is 27.7 Å². The third kappa shape index (κ3) is 5.50. The monoisotopic (exact) mass is 448 g/mol. The summed E-state index contributed by atoms with van der Waals surface area (Å²) in [5.41, 5.74) is 4.71. The minimum Gasteiger partial charge on any atom is -0.493 e. The topological polar surface area (TPSA) is 84.9 Å². The maximum Gasteiger partial charge on any atom is 0.244 e. The molecule has 8 heteroatoms. The number of ether oxygens (including phenoxy) is 2. The van der Waals surface area contributed by atoms with Gasteiger partial charge < -0.3 is 14.8 Å². The van der Waals surface area contributed by atoms with Crippen molar-refractivity contribution in [2.24, 2.45) is 0 Å². The Labute approximate surface area is 185 Å². The maximum absolute atomic E-state index is 13.1. The summed E-state index contributed by atoms with van der Waals surface area (Å²) in [4.78, 5) is 13.1. The van der Waals surface area contributed by atoms with Crippen LogP contribution in [0.1, 0.15) is 42.1 Å². The minimum atomic E-state index is -3.75. The van der Waals surface area contributed by atoms with Gasteiger partial charge in [-0.05, 0) is 69.0 Å². The molecule has 0 heterocycles. The molecule has 2 aromatic rings. The van der Waals surface area contributed by atoms with Crippen LogP contribution in [0.15, 0.2) is 30.3 Å². The highest BCUT2D eigenvalue weighted by Crippen LogP contribution is 2.33. The van der Waals surface area contributed by atoms with Gasteiger partial charge in [0.2, 0.25) is 15.9 Å². The van der Waals surface area contributed by atoms with E-state index in [1.54, 1.807) is 25.1 Å². The molecule has 0 bridgehead atoms. The van der Waals surface area contributed by atoms with Crippen molar-refractivity contribution in [3.8, 4) is 11.5 Å². The summed E-state index contributed by atoms with van der Waals surface area (Å²) in [6.07, 6.45) is 1.07. The van der Waals surface area contributed by atoms with E-state index in [0.29, 0.717) is 17.2 Å². The number of hydrogen-bond acceptors (Lipinski definition) is 5. The summed E-state index contributed by atoms with van der Waals surface area (Å²) < 4.78 is 36.8. The molecular formula is C23H32N2O5S. The van der Waals surface area contributed by atoms with E-state index >= 15 is 0 Å².